The summed E-state index contributed by atoms with van der Waals surface area (Å²) in [6, 6.07) is 3.37. The van der Waals surface area contributed by atoms with Crippen LogP contribution in [-0.4, -0.2) is 4.57 Å². The van der Waals surface area contributed by atoms with Gasteiger partial charge in [0.1, 0.15) is 0 Å². The highest BCUT2D eigenvalue weighted by molar-refractivity contribution is 5.33. The molecule has 1 aromatic rings. The van der Waals surface area contributed by atoms with Gasteiger partial charge in [-0.1, -0.05) is 26.2 Å². The molecule has 2 unspecified atom stereocenters. The lowest BCUT2D eigenvalue weighted by Crippen LogP contribution is -2.25. The molecule has 0 amide bonds. The van der Waals surface area contributed by atoms with Gasteiger partial charge in [0.15, 0.2) is 0 Å². The van der Waals surface area contributed by atoms with E-state index in [1.165, 1.54) is 62.6 Å². The van der Waals surface area contributed by atoms with E-state index < -0.39 is 0 Å². The zero-order chi connectivity index (χ0) is 14.1. The van der Waals surface area contributed by atoms with E-state index in [9.17, 15) is 0 Å². The number of nitrogens with two attached hydrogens (primary N) is 1. The van der Waals surface area contributed by atoms with Gasteiger partial charge in [0.2, 0.25) is 0 Å². The van der Waals surface area contributed by atoms with Crippen molar-refractivity contribution in [2.24, 2.45) is 11.7 Å². The van der Waals surface area contributed by atoms with Crippen LogP contribution in [0.3, 0.4) is 0 Å². The molecule has 2 atom stereocenters. The van der Waals surface area contributed by atoms with Crippen molar-refractivity contribution in [3.8, 4) is 0 Å². The number of aryl methyl sites for hydroxylation is 1. The lowest BCUT2D eigenvalue weighted by atomic mass is 9.82. The molecular weight excluding hydrogens is 244 g/mol. The van der Waals surface area contributed by atoms with Crippen molar-refractivity contribution in [3.63, 3.8) is 0 Å². The number of aromatic nitrogens is 1. The van der Waals surface area contributed by atoms with Crippen LogP contribution in [0.2, 0.25) is 0 Å². The topological polar surface area (TPSA) is 30.9 Å². The highest BCUT2D eigenvalue weighted by Gasteiger charge is 2.29. The van der Waals surface area contributed by atoms with Crippen molar-refractivity contribution >= 4 is 0 Å². The van der Waals surface area contributed by atoms with E-state index in [1.807, 2.05) is 0 Å². The van der Waals surface area contributed by atoms with Crippen LogP contribution in [0.15, 0.2) is 6.07 Å². The lowest BCUT2D eigenvalue weighted by molar-refractivity contribution is 0.236. The van der Waals surface area contributed by atoms with Gasteiger partial charge < -0.3 is 10.3 Å². The second kappa shape index (κ2) is 5.93. The van der Waals surface area contributed by atoms with Crippen LogP contribution in [0.25, 0.3) is 0 Å². The third kappa shape index (κ3) is 2.43. The maximum absolute atomic E-state index is 6.34. The molecule has 1 aromatic heterocycles. The standard InChI is InChI=1S/C18H30N2/c1-3-17(14-8-5-4-6-9-14)20-13(2)12-15-16(19)10-7-11-18(15)20/h12,14,16-17H,3-11,19H2,1-2H3. The van der Waals surface area contributed by atoms with Gasteiger partial charge in [0.05, 0.1) is 0 Å². The van der Waals surface area contributed by atoms with E-state index >= 15 is 0 Å². The first-order chi connectivity index (χ1) is 9.72. The van der Waals surface area contributed by atoms with E-state index in [2.05, 4.69) is 24.5 Å². The highest BCUT2D eigenvalue weighted by atomic mass is 15.0. The monoisotopic (exact) mass is 274 g/mol. The van der Waals surface area contributed by atoms with Crippen molar-refractivity contribution in [3.05, 3.63) is 23.0 Å². The molecular formula is C18H30N2. The van der Waals surface area contributed by atoms with Gasteiger partial charge in [0, 0.05) is 23.5 Å². The van der Waals surface area contributed by atoms with E-state index in [0.29, 0.717) is 6.04 Å². The van der Waals surface area contributed by atoms with E-state index in [-0.39, 0.29) is 6.04 Å². The molecule has 2 N–H and O–H groups in total. The Morgan fingerprint density at radius 3 is 2.65 bits per heavy atom. The summed E-state index contributed by atoms with van der Waals surface area (Å²) in [6.45, 7) is 4.66. The number of fused-ring (bicyclic) bond motifs is 1. The fourth-order valence-electron chi connectivity index (χ4n) is 4.67. The van der Waals surface area contributed by atoms with E-state index in [1.54, 1.807) is 5.69 Å². The minimum absolute atomic E-state index is 0.280. The molecule has 0 bridgehead atoms. The first-order valence-corrected chi connectivity index (χ1v) is 8.68. The van der Waals surface area contributed by atoms with Gasteiger partial charge in [-0.3, -0.25) is 0 Å². The van der Waals surface area contributed by atoms with Crippen molar-refractivity contribution in [2.75, 3.05) is 0 Å². The third-order valence-corrected chi connectivity index (χ3v) is 5.64. The molecule has 0 spiro atoms. The minimum Gasteiger partial charge on any atom is -0.345 e. The van der Waals surface area contributed by atoms with Gasteiger partial charge in [-0.05, 0) is 63.0 Å². The summed E-state index contributed by atoms with van der Waals surface area (Å²) in [6.07, 6.45) is 12.1. The molecule has 112 valence electrons. The Morgan fingerprint density at radius 2 is 1.95 bits per heavy atom. The molecule has 20 heavy (non-hydrogen) atoms. The molecule has 0 saturated heterocycles. The molecule has 2 heteroatoms. The molecule has 2 aliphatic rings. The van der Waals surface area contributed by atoms with Crippen LogP contribution in [0.1, 0.15) is 87.3 Å². The van der Waals surface area contributed by atoms with Gasteiger partial charge in [-0.15, -0.1) is 0 Å². The Balaban J connectivity index is 1.95. The summed E-state index contributed by atoms with van der Waals surface area (Å²) in [5.74, 6) is 0.891. The normalized spacial score (nSPS) is 25.4. The predicted octanol–water partition coefficient (Wildman–Crippen LogP) is 4.66. The van der Waals surface area contributed by atoms with Gasteiger partial charge in [0.25, 0.3) is 0 Å². The summed E-state index contributed by atoms with van der Waals surface area (Å²) in [5.41, 5.74) is 10.8. The average molecular weight is 274 g/mol. The molecule has 3 rings (SSSR count). The van der Waals surface area contributed by atoms with Crippen molar-refractivity contribution in [1.82, 2.24) is 4.57 Å². The molecule has 0 radical (unpaired) electrons. The van der Waals surface area contributed by atoms with E-state index in [4.69, 9.17) is 5.73 Å². The highest BCUT2D eigenvalue weighted by Crippen LogP contribution is 2.40. The van der Waals surface area contributed by atoms with Gasteiger partial charge in [-0.2, -0.15) is 0 Å². The number of nitrogens with zero attached hydrogens (tertiary/aromatic N) is 1. The van der Waals surface area contributed by atoms with Gasteiger partial charge >= 0.3 is 0 Å². The number of hydrogen-bond acceptors (Lipinski definition) is 1. The second-order valence-electron chi connectivity index (χ2n) is 6.93. The molecule has 2 nitrogen and oxygen atoms in total. The van der Waals surface area contributed by atoms with Crippen LogP contribution >= 0.6 is 0 Å². The maximum Gasteiger partial charge on any atom is 0.0361 e. The zero-order valence-corrected chi connectivity index (χ0v) is 13.2. The summed E-state index contributed by atoms with van der Waals surface area (Å²) >= 11 is 0. The average Bonchev–Trinajstić information content (AvgIpc) is 2.80. The van der Waals surface area contributed by atoms with E-state index in [0.717, 1.165) is 12.3 Å². The number of rotatable bonds is 3. The Hall–Kier alpha value is -0.760. The maximum atomic E-state index is 6.34. The summed E-state index contributed by atoms with van der Waals surface area (Å²) < 4.78 is 2.68. The molecule has 1 saturated carbocycles. The molecule has 0 aromatic carbocycles. The Labute approximate surface area is 123 Å². The first-order valence-electron chi connectivity index (χ1n) is 8.68. The zero-order valence-electron chi connectivity index (χ0n) is 13.2. The van der Waals surface area contributed by atoms with Crippen molar-refractivity contribution in [2.45, 2.75) is 83.7 Å². The molecule has 1 fully saturated rings. The largest absolute Gasteiger partial charge is 0.345 e. The van der Waals surface area contributed by atoms with Crippen LogP contribution in [0, 0.1) is 12.8 Å². The quantitative estimate of drug-likeness (QED) is 0.853. The van der Waals surface area contributed by atoms with Crippen LogP contribution in [-0.2, 0) is 6.42 Å². The smallest absolute Gasteiger partial charge is 0.0361 e. The third-order valence-electron chi connectivity index (χ3n) is 5.64. The Bertz CT molecular complexity index is 454. The van der Waals surface area contributed by atoms with Crippen molar-refractivity contribution in [1.29, 1.82) is 0 Å². The molecule has 2 aliphatic carbocycles. The Kier molecular flexibility index (Phi) is 4.21. The molecule has 1 heterocycles. The van der Waals surface area contributed by atoms with Crippen molar-refractivity contribution < 1.29 is 0 Å². The van der Waals surface area contributed by atoms with Crippen LogP contribution in [0.5, 0.6) is 0 Å². The van der Waals surface area contributed by atoms with Crippen LogP contribution in [0.4, 0.5) is 0 Å². The summed E-state index contributed by atoms with van der Waals surface area (Å²) in [5, 5.41) is 0. The number of hydrogen-bond donors (Lipinski definition) is 1. The fourth-order valence-corrected chi connectivity index (χ4v) is 4.67. The first kappa shape index (κ1) is 14.2. The summed E-state index contributed by atoms with van der Waals surface area (Å²) in [7, 11) is 0. The fraction of sp³-hybridized carbons (Fsp3) is 0.778. The minimum atomic E-state index is 0.280. The summed E-state index contributed by atoms with van der Waals surface area (Å²) in [4.78, 5) is 0. The SMILES string of the molecule is CCC(C1CCCCC1)n1c(C)cc2c1CCCC2N. The van der Waals surface area contributed by atoms with Gasteiger partial charge in [-0.25, -0.2) is 0 Å². The molecule has 0 aliphatic heterocycles. The lowest BCUT2D eigenvalue weighted by Gasteiger charge is -2.34. The second-order valence-corrected chi connectivity index (χ2v) is 6.93. The predicted molar refractivity (Wildman–Crippen MR) is 84.9 cm³/mol. The van der Waals surface area contributed by atoms with Crippen LogP contribution < -0.4 is 5.73 Å². The Morgan fingerprint density at radius 1 is 1.20 bits per heavy atom.